The van der Waals surface area contributed by atoms with Crippen molar-refractivity contribution in [3.8, 4) is 11.5 Å². The molecule has 3 rings (SSSR count). The number of phenolic OH excluding ortho intramolecular Hbond substituents is 2. The molecule has 19 N–H and O–H groups in total. The zero-order chi connectivity index (χ0) is 66.7. The number of aromatic hydroxyl groups is 2. The molecule has 89 heavy (non-hydrogen) atoms. The highest BCUT2D eigenvalue weighted by Crippen LogP contribution is 2.18. The van der Waals surface area contributed by atoms with E-state index >= 15 is 0 Å². The first-order valence-corrected chi connectivity index (χ1v) is 29.8. The summed E-state index contributed by atoms with van der Waals surface area (Å²) in [5.41, 5.74) is 18.2. The van der Waals surface area contributed by atoms with Gasteiger partial charge in [0.15, 0.2) is 0 Å². The predicted octanol–water partition coefficient (Wildman–Crippen LogP) is -1.90. The molecule has 0 saturated heterocycles. The van der Waals surface area contributed by atoms with E-state index in [1.807, 2.05) is 0 Å². The van der Waals surface area contributed by atoms with Gasteiger partial charge in [0.1, 0.15) is 71.9 Å². The van der Waals surface area contributed by atoms with Gasteiger partial charge in [0.2, 0.25) is 65.0 Å². The summed E-state index contributed by atoms with van der Waals surface area (Å²) in [6.45, 7) is 9.17. The highest BCUT2D eigenvalue weighted by atomic mass is 32.1. The number of amides is 11. The number of carboxylic acid groups (broad SMARTS) is 1. The maximum atomic E-state index is 14.6. The van der Waals surface area contributed by atoms with Crippen LogP contribution in [0.1, 0.15) is 96.8 Å². The number of thiol groups is 1. The van der Waals surface area contributed by atoms with Crippen LogP contribution in [0.4, 0.5) is 0 Å². The average molecular weight is 1260 g/mol. The highest BCUT2D eigenvalue weighted by Gasteiger charge is 2.39. The van der Waals surface area contributed by atoms with Crippen LogP contribution in [-0.2, 0) is 76.8 Å². The van der Waals surface area contributed by atoms with E-state index in [2.05, 4.69) is 60.5 Å². The molecule has 488 valence electrons. The molecule has 3 aromatic carbocycles. The standard InChI is InChI=1S/C60H86N12O16S/c1-7-31(4)48(70-52(79)40(23-24-46(62)76)64-56(83)45(30-89)69-53(80)41(65-51(78)39(61)29-73)25-35-15-19-37(74)20-16-35)58(85)67-43(28-47(63)77)55(82)72-49(32(5)8-2)57(84)66-42(26-36-17-21-38(75)22-18-36)54(81)71-50(33(6)9-3)59(86)68-44(60(87)88)27-34-13-11-10-12-14-34/h10-22,31-33,39-45,48-50,73-75,89H,7-9,23-30,61H2,1-6H3,(H2,62,76)(H2,63,77)(H,64,83)(H,65,78)(H,66,84)(H,67,85)(H,68,86)(H,69,80)(H,70,79)(H,71,81)(H,72,82)(H,87,88)/t31-,32-,33-,39-,40-,41-,42-,43-,44-,45-,48-,49-,50-/m0/s1. The van der Waals surface area contributed by atoms with Crippen LogP contribution in [0.25, 0.3) is 0 Å². The molecule has 29 heteroatoms. The van der Waals surface area contributed by atoms with Crippen LogP contribution in [0.5, 0.6) is 11.5 Å². The van der Waals surface area contributed by atoms with Crippen molar-refractivity contribution in [2.24, 2.45) is 35.0 Å². The van der Waals surface area contributed by atoms with Gasteiger partial charge in [-0.25, -0.2) is 4.79 Å². The predicted molar refractivity (Wildman–Crippen MR) is 328 cm³/mol. The molecule has 0 aliphatic carbocycles. The Bertz CT molecular complexity index is 2910. The molecule has 3 aromatic rings. The molecule has 28 nitrogen and oxygen atoms in total. The number of aliphatic hydroxyl groups is 1. The largest absolute Gasteiger partial charge is 0.508 e. The van der Waals surface area contributed by atoms with Crippen LogP contribution in [0.3, 0.4) is 0 Å². The second-order valence-corrected chi connectivity index (χ2v) is 22.3. The normalized spacial score (nSPS) is 15.5. The molecule has 0 aliphatic heterocycles. The Balaban J connectivity index is 1.92. The van der Waals surface area contributed by atoms with Crippen molar-refractivity contribution >= 4 is 83.6 Å². The second-order valence-electron chi connectivity index (χ2n) is 21.9. The second kappa shape index (κ2) is 37.1. The molecule has 0 saturated carbocycles. The van der Waals surface area contributed by atoms with Crippen molar-refractivity contribution in [2.45, 2.75) is 160 Å². The molecule has 0 bridgehead atoms. The summed E-state index contributed by atoms with van der Waals surface area (Å²) in [6.07, 6.45) is -1.45. The lowest BCUT2D eigenvalue weighted by atomic mass is 9.95. The fraction of sp³-hybridized carbons (Fsp3) is 0.500. The van der Waals surface area contributed by atoms with Gasteiger partial charge in [-0.1, -0.05) is 115 Å². The zero-order valence-electron chi connectivity index (χ0n) is 50.7. The van der Waals surface area contributed by atoms with Gasteiger partial charge in [-0.2, -0.15) is 12.6 Å². The minimum Gasteiger partial charge on any atom is -0.508 e. The minimum absolute atomic E-state index is 0.0712. The van der Waals surface area contributed by atoms with Crippen LogP contribution in [0.15, 0.2) is 78.9 Å². The van der Waals surface area contributed by atoms with Crippen molar-refractivity contribution in [1.29, 1.82) is 0 Å². The summed E-state index contributed by atoms with van der Waals surface area (Å²) in [7, 11) is 0. The summed E-state index contributed by atoms with van der Waals surface area (Å²) in [5, 5.41) is 62.1. The fourth-order valence-corrected chi connectivity index (χ4v) is 9.18. The number of benzene rings is 3. The van der Waals surface area contributed by atoms with Crippen LogP contribution in [0, 0.1) is 17.8 Å². The molecule has 0 heterocycles. The van der Waals surface area contributed by atoms with E-state index in [0.29, 0.717) is 23.1 Å². The van der Waals surface area contributed by atoms with Crippen molar-refractivity contribution in [3.63, 3.8) is 0 Å². The molecule has 0 aromatic heterocycles. The molecular formula is C60H86N12O16S. The molecule has 13 atom stereocenters. The Morgan fingerprint density at radius 2 is 0.775 bits per heavy atom. The quantitative estimate of drug-likeness (QED) is 0.0279. The monoisotopic (exact) mass is 1260 g/mol. The van der Waals surface area contributed by atoms with Gasteiger partial charge in [-0.3, -0.25) is 52.7 Å². The number of nitrogens with one attached hydrogen (secondary N) is 9. The van der Waals surface area contributed by atoms with Gasteiger partial charge in [0.05, 0.1) is 13.0 Å². The first kappa shape index (κ1) is 74.4. The average Bonchev–Trinajstić information content (AvgIpc) is 3.60. The van der Waals surface area contributed by atoms with E-state index in [4.69, 9.17) is 17.2 Å². The Kier molecular flexibility index (Phi) is 31.0. The Hall–Kier alpha value is -8.83. The van der Waals surface area contributed by atoms with Gasteiger partial charge in [0, 0.05) is 31.4 Å². The van der Waals surface area contributed by atoms with Gasteiger partial charge < -0.3 is 85.5 Å². The number of aliphatic carboxylic acids is 1. The molecule has 0 radical (unpaired) electrons. The van der Waals surface area contributed by atoms with Crippen molar-refractivity contribution in [3.05, 3.63) is 95.6 Å². The number of phenols is 2. The Morgan fingerprint density at radius 1 is 0.438 bits per heavy atom. The first-order chi connectivity index (χ1) is 42.0. The topological polar surface area (TPSA) is 472 Å². The number of aliphatic hydroxyl groups excluding tert-OH is 1. The SMILES string of the molecule is CC[C@H](C)[C@H](NC(=O)[C@H](Cc1ccc(O)cc1)NC(=O)[C@@H](NC(=O)[C@H](CC(N)=O)NC(=O)[C@@H](NC(=O)[C@H](CCC(N)=O)NC(=O)[C@H](CS)NC(=O)[C@H](Cc1ccc(O)cc1)NC(=O)[C@@H](N)CO)[C@@H](C)CC)[C@@H](C)CC)C(=O)N[C@@H](Cc1ccccc1)C(=O)O. The van der Waals surface area contributed by atoms with E-state index in [1.54, 1.807) is 71.9 Å². The van der Waals surface area contributed by atoms with E-state index in [1.165, 1.54) is 48.5 Å². The number of carbonyl (C=O) groups is 12. The number of hydrogen-bond donors (Lipinski definition) is 17. The summed E-state index contributed by atoms with van der Waals surface area (Å²) >= 11 is 4.21. The summed E-state index contributed by atoms with van der Waals surface area (Å²) < 4.78 is 0. The number of hydrogen-bond acceptors (Lipinski definition) is 17. The molecule has 0 spiro atoms. The molecular weight excluding hydrogens is 1180 g/mol. The van der Waals surface area contributed by atoms with Crippen LogP contribution >= 0.6 is 12.6 Å². The van der Waals surface area contributed by atoms with Gasteiger partial charge in [-0.15, -0.1) is 0 Å². The molecule has 0 unspecified atom stereocenters. The molecule has 0 fully saturated rings. The number of rotatable bonds is 38. The third kappa shape index (κ3) is 24.7. The zero-order valence-corrected chi connectivity index (χ0v) is 51.6. The lowest BCUT2D eigenvalue weighted by molar-refractivity contribution is -0.142. The fourth-order valence-electron chi connectivity index (χ4n) is 8.92. The van der Waals surface area contributed by atoms with E-state index in [0.717, 1.165) is 0 Å². The third-order valence-corrected chi connectivity index (χ3v) is 15.4. The van der Waals surface area contributed by atoms with E-state index < -0.39 is 175 Å². The lowest BCUT2D eigenvalue weighted by Crippen LogP contribution is -2.62. The lowest BCUT2D eigenvalue weighted by Gasteiger charge is -2.31. The van der Waals surface area contributed by atoms with Crippen molar-refractivity contribution < 1.29 is 78.0 Å². The minimum atomic E-state index is -1.81. The summed E-state index contributed by atoms with van der Waals surface area (Å²) in [4.78, 5) is 163. The highest BCUT2D eigenvalue weighted by molar-refractivity contribution is 7.80. The van der Waals surface area contributed by atoms with Gasteiger partial charge >= 0.3 is 5.97 Å². The Labute approximate surface area is 521 Å². The van der Waals surface area contributed by atoms with Crippen molar-refractivity contribution in [2.75, 3.05) is 12.4 Å². The summed E-state index contributed by atoms with van der Waals surface area (Å²) in [5.74, 6) is -14.5. The van der Waals surface area contributed by atoms with Crippen molar-refractivity contribution in [1.82, 2.24) is 47.9 Å². The summed E-state index contributed by atoms with van der Waals surface area (Å²) in [6, 6.07) is 4.88. The van der Waals surface area contributed by atoms with Crippen LogP contribution in [0.2, 0.25) is 0 Å². The Morgan fingerprint density at radius 3 is 1.17 bits per heavy atom. The van der Waals surface area contributed by atoms with Gasteiger partial charge in [-0.05, 0) is 65.1 Å². The molecule has 0 aliphatic rings. The number of primary amides is 2. The van der Waals surface area contributed by atoms with E-state index in [-0.39, 0.29) is 49.4 Å². The first-order valence-electron chi connectivity index (χ1n) is 29.2. The smallest absolute Gasteiger partial charge is 0.326 e. The number of carboxylic acids is 1. The maximum Gasteiger partial charge on any atom is 0.326 e. The molecule has 11 amide bonds. The van der Waals surface area contributed by atoms with Crippen LogP contribution < -0.4 is 65.1 Å². The number of carbonyl (C=O) groups excluding carboxylic acids is 11. The van der Waals surface area contributed by atoms with E-state index in [9.17, 15) is 78.0 Å². The third-order valence-electron chi connectivity index (χ3n) is 15.0. The maximum absolute atomic E-state index is 14.6. The van der Waals surface area contributed by atoms with Crippen LogP contribution in [-0.4, -0.2) is 164 Å². The van der Waals surface area contributed by atoms with Gasteiger partial charge in [0.25, 0.3) is 0 Å². The number of nitrogens with two attached hydrogens (primary N) is 3.